The fourth-order valence-corrected chi connectivity index (χ4v) is 4.10. The van der Waals surface area contributed by atoms with Gasteiger partial charge in [0.05, 0.1) is 13.2 Å². The van der Waals surface area contributed by atoms with Crippen LogP contribution in [0.2, 0.25) is 0 Å². The molecule has 0 radical (unpaired) electrons. The van der Waals surface area contributed by atoms with Gasteiger partial charge in [-0.25, -0.2) is 4.79 Å². The van der Waals surface area contributed by atoms with Crippen molar-refractivity contribution < 1.29 is 27.5 Å². The summed E-state index contributed by atoms with van der Waals surface area (Å²) in [5.74, 6) is -3.46. The average molecular weight is 474 g/mol. The van der Waals surface area contributed by atoms with E-state index in [0.29, 0.717) is 21.4 Å². The molecule has 0 aliphatic carbocycles. The quantitative estimate of drug-likeness (QED) is 0.427. The van der Waals surface area contributed by atoms with E-state index in [1.54, 1.807) is 49.4 Å². The van der Waals surface area contributed by atoms with Gasteiger partial charge in [-0.3, -0.25) is 4.79 Å². The minimum Gasteiger partial charge on any atom is -0.467 e. The van der Waals surface area contributed by atoms with E-state index in [9.17, 15) is 22.8 Å². The summed E-state index contributed by atoms with van der Waals surface area (Å²) in [4.78, 5) is 26.1. The predicted octanol–water partition coefficient (Wildman–Crippen LogP) is 5.36. The van der Waals surface area contributed by atoms with Crippen molar-refractivity contribution in [1.82, 2.24) is 4.90 Å². The first-order chi connectivity index (χ1) is 13.6. The van der Waals surface area contributed by atoms with Gasteiger partial charge in [0.25, 0.3) is 0 Å². The molecule has 1 amide bonds. The van der Waals surface area contributed by atoms with Crippen molar-refractivity contribution in [3.05, 3.63) is 58.6 Å². The number of nitrogens with zero attached hydrogens (tertiary/aromatic N) is 1. The molecule has 1 aromatic carbocycles. The largest absolute Gasteiger partial charge is 0.471 e. The van der Waals surface area contributed by atoms with Gasteiger partial charge in [0, 0.05) is 10.9 Å². The lowest BCUT2D eigenvalue weighted by atomic mass is 9.79. The van der Waals surface area contributed by atoms with Gasteiger partial charge < -0.3 is 9.64 Å². The maximum atomic E-state index is 13.7. The standard InChI is InChI=1S/C21H23BrF3NO3/c1-4-5-8-12-20(19(28)29-3)13-11-14(2)17(15-9-6-7-10-16(15)22)26(20)18(27)21(23,24)25/h5-11,13-14,17H,4,12H2,1-3H3/b8-5+/t14-,17-,20+/m1/s1. The van der Waals surface area contributed by atoms with Gasteiger partial charge in [0.2, 0.25) is 0 Å². The fraction of sp³-hybridized carbons (Fsp3) is 0.429. The van der Waals surface area contributed by atoms with E-state index < -0.39 is 35.6 Å². The molecule has 8 heteroatoms. The van der Waals surface area contributed by atoms with E-state index in [1.807, 2.05) is 6.92 Å². The molecule has 0 fully saturated rings. The lowest BCUT2D eigenvalue weighted by Crippen LogP contribution is -2.62. The summed E-state index contributed by atoms with van der Waals surface area (Å²) in [5.41, 5.74) is -1.42. The lowest BCUT2D eigenvalue weighted by Gasteiger charge is -2.48. The maximum Gasteiger partial charge on any atom is 0.471 e. The Kier molecular flexibility index (Phi) is 7.32. The van der Waals surface area contributed by atoms with Gasteiger partial charge in [-0.2, -0.15) is 13.2 Å². The number of rotatable bonds is 5. The molecule has 1 aliphatic heterocycles. The van der Waals surface area contributed by atoms with Crippen LogP contribution in [-0.4, -0.2) is 35.6 Å². The lowest BCUT2D eigenvalue weighted by molar-refractivity contribution is -0.199. The molecule has 0 saturated carbocycles. The highest BCUT2D eigenvalue weighted by Gasteiger charge is 2.57. The van der Waals surface area contributed by atoms with E-state index in [-0.39, 0.29) is 6.42 Å². The molecule has 1 heterocycles. The first-order valence-corrected chi connectivity index (χ1v) is 9.97. The molecule has 29 heavy (non-hydrogen) atoms. The monoisotopic (exact) mass is 473 g/mol. The molecule has 0 bridgehead atoms. The molecule has 3 atom stereocenters. The summed E-state index contributed by atoms with van der Waals surface area (Å²) in [6.07, 6.45) is 1.72. The number of esters is 1. The van der Waals surface area contributed by atoms with Gasteiger partial charge in [0.1, 0.15) is 0 Å². The average Bonchev–Trinajstić information content (AvgIpc) is 2.68. The third kappa shape index (κ3) is 4.57. The Hall–Kier alpha value is -2.09. The number of carbonyl (C=O) groups excluding carboxylic acids is 2. The number of alkyl halides is 3. The molecular weight excluding hydrogens is 451 g/mol. The smallest absolute Gasteiger partial charge is 0.467 e. The third-order valence-electron chi connectivity index (χ3n) is 4.94. The second kappa shape index (κ2) is 9.15. The highest BCUT2D eigenvalue weighted by Crippen LogP contribution is 2.46. The number of benzene rings is 1. The highest BCUT2D eigenvalue weighted by atomic mass is 79.9. The molecule has 0 N–H and O–H groups in total. The zero-order valence-corrected chi connectivity index (χ0v) is 18.0. The summed E-state index contributed by atoms with van der Waals surface area (Å²) < 4.78 is 46.4. The first kappa shape index (κ1) is 23.2. The Morgan fingerprint density at radius 3 is 2.48 bits per heavy atom. The van der Waals surface area contributed by atoms with Crippen molar-refractivity contribution in [2.45, 2.75) is 44.4 Å². The predicted molar refractivity (Wildman–Crippen MR) is 107 cm³/mol. The Labute approximate surface area is 176 Å². The molecule has 4 nitrogen and oxygen atoms in total. The maximum absolute atomic E-state index is 13.7. The van der Waals surface area contributed by atoms with Crippen LogP contribution in [-0.2, 0) is 14.3 Å². The zero-order valence-electron chi connectivity index (χ0n) is 16.4. The molecule has 1 aliphatic rings. The third-order valence-corrected chi connectivity index (χ3v) is 5.66. The van der Waals surface area contributed by atoms with Crippen molar-refractivity contribution in [2.24, 2.45) is 5.92 Å². The zero-order chi connectivity index (χ0) is 21.8. The number of ether oxygens (including phenoxy) is 1. The molecule has 158 valence electrons. The minimum absolute atomic E-state index is 0.125. The van der Waals surface area contributed by atoms with Gasteiger partial charge in [-0.15, -0.1) is 0 Å². The molecular formula is C21H23BrF3NO3. The Bertz CT molecular complexity index is 822. The van der Waals surface area contributed by atoms with Crippen LogP contribution in [0.25, 0.3) is 0 Å². The van der Waals surface area contributed by atoms with Crippen LogP contribution in [0.4, 0.5) is 13.2 Å². The van der Waals surface area contributed by atoms with Crippen LogP contribution in [0, 0.1) is 5.92 Å². The van der Waals surface area contributed by atoms with Crippen molar-refractivity contribution in [2.75, 3.05) is 7.11 Å². The molecule has 0 aromatic heterocycles. The number of hydrogen-bond donors (Lipinski definition) is 0. The SMILES string of the molecule is CC/C=C/C[C@@]1(C(=O)OC)C=C[C@@H](C)[C@H](c2ccccc2Br)N1C(=O)C(F)(F)F. The second-order valence-electron chi connectivity index (χ2n) is 6.86. The van der Waals surface area contributed by atoms with Crippen LogP contribution in [0.3, 0.4) is 0 Å². The van der Waals surface area contributed by atoms with Crippen LogP contribution in [0.1, 0.15) is 38.3 Å². The van der Waals surface area contributed by atoms with Crippen LogP contribution in [0.5, 0.6) is 0 Å². The number of methoxy groups -OCH3 is 1. The first-order valence-electron chi connectivity index (χ1n) is 9.17. The van der Waals surface area contributed by atoms with Crippen molar-refractivity contribution in [3.8, 4) is 0 Å². The highest BCUT2D eigenvalue weighted by molar-refractivity contribution is 9.10. The Morgan fingerprint density at radius 1 is 1.28 bits per heavy atom. The molecule has 0 spiro atoms. The second-order valence-corrected chi connectivity index (χ2v) is 7.71. The summed E-state index contributed by atoms with van der Waals surface area (Å²) in [5, 5.41) is 0. The number of allylic oxidation sites excluding steroid dienone is 1. The number of carbonyl (C=O) groups is 2. The van der Waals surface area contributed by atoms with Crippen LogP contribution >= 0.6 is 15.9 Å². The molecule has 2 rings (SSSR count). The van der Waals surface area contributed by atoms with E-state index in [2.05, 4.69) is 15.9 Å². The van der Waals surface area contributed by atoms with E-state index in [0.717, 1.165) is 7.11 Å². The van der Waals surface area contributed by atoms with Gasteiger partial charge >= 0.3 is 18.1 Å². The van der Waals surface area contributed by atoms with E-state index >= 15 is 0 Å². The Balaban J connectivity index is 2.78. The topological polar surface area (TPSA) is 46.6 Å². The van der Waals surface area contributed by atoms with E-state index in [1.165, 1.54) is 6.08 Å². The van der Waals surface area contributed by atoms with Gasteiger partial charge in [-0.05, 0) is 24.0 Å². The summed E-state index contributed by atoms with van der Waals surface area (Å²) in [7, 11) is 1.10. The van der Waals surface area contributed by atoms with E-state index in [4.69, 9.17) is 4.74 Å². The molecule has 1 aromatic rings. The number of amides is 1. The Morgan fingerprint density at radius 2 is 1.93 bits per heavy atom. The normalized spacial score (nSPS) is 24.7. The van der Waals surface area contributed by atoms with Crippen molar-refractivity contribution in [1.29, 1.82) is 0 Å². The van der Waals surface area contributed by atoms with Crippen molar-refractivity contribution >= 4 is 27.8 Å². The molecule has 0 unspecified atom stereocenters. The van der Waals surface area contributed by atoms with Crippen LogP contribution in [0.15, 0.2) is 53.0 Å². The summed E-state index contributed by atoms with van der Waals surface area (Å²) in [6.45, 7) is 3.57. The minimum atomic E-state index is -5.15. The number of halogens is 4. The summed E-state index contributed by atoms with van der Waals surface area (Å²) in [6, 6.07) is 5.72. The molecule has 0 saturated heterocycles. The van der Waals surface area contributed by atoms with Gasteiger partial charge in [0.15, 0.2) is 5.54 Å². The fourth-order valence-electron chi connectivity index (χ4n) is 3.58. The van der Waals surface area contributed by atoms with Crippen molar-refractivity contribution in [3.63, 3.8) is 0 Å². The van der Waals surface area contributed by atoms with Gasteiger partial charge in [-0.1, -0.05) is 72.3 Å². The van der Waals surface area contributed by atoms with Crippen LogP contribution < -0.4 is 0 Å². The number of hydrogen-bond acceptors (Lipinski definition) is 3. The summed E-state index contributed by atoms with van der Waals surface area (Å²) >= 11 is 3.37.